The number of aromatic nitrogens is 3. The Morgan fingerprint density at radius 2 is 1.97 bits per heavy atom. The second-order valence-corrected chi connectivity index (χ2v) is 8.28. The lowest BCUT2D eigenvalue weighted by atomic mass is 9.80. The maximum atomic E-state index is 14.7. The van der Waals surface area contributed by atoms with Gasteiger partial charge in [-0.2, -0.15) is 13.2 Å². The Bertz CT molecular complexity index is 1140. The van der Waals surface area contributed by atoms with Gasteiger partial charge in [-0.3, -0.25) is 4.79 Å². The van der Waals surface area contributed by atoms with Gasteiger partial charge in [-0.05, 0) is 31.0 Å². The number of anilines is 1. The first kappa shape index (κ1) is 22.3. The zero-order valence-electron chi connectivity index (χ0n) is 16.8. The van der Waals surface area contributed by atoms with Crippen LogP contribution in [0.25, 0.3) is 22.3 Å². The van der Waals surface area contributed by atoms with Gasteiger partial charge in [-0.1, -0.05) is 30.9 Å². The van der Waals surface area contributed by atoms with E-state index in [0.717, 1.165) is 6.42 Å². The molecule has 3 N–H and O–H groups in total. The molecular weight excluding hydrogens is 450 g/mol. The quantitative estimate of drug-likeness (QED) is 0.448. The van der Waals surface area contributed by atoms with Crippen LogP contribution < -0.4 is 10.6 Å². The molecule has 3 aromatic rings. The molecule has 0 spiro atoms. The molecule has 0 atom stereocenters. The third-order valence-electron chi connectivity index (χ3n) is 5.57. The van der Waals surface area contributed by atoms with Crippen molar-refractivity contribution in [3.05, 3.63) is 41.4 Å². The molecule has 170 valence electrons. The smallest absolute Gasteiger partial charge is 0.353 e. The number of pyridine rings is 2. The summed E-state index contributed by atoms with van der Waals surface area (Å²) in [5.74, 6) is -1.72. The van der Waals surface area contributed by atoms with Crippen molar-refractivity contribution in [2.45, 2.75) is 43.8 Å². The molecule has 0 unspecified atom stereocenters. The molecule has 3 heterocycles. The monoisotopic (exact) mass is 469 g/mol. The molecule has 1 saturated carbocycles. The average Bonchev–Trinajstić information content (AvgIpc) is 3.17. The summed E-state index contributed by atoms with van der Waals surface area (Å²) in [6, 6.07) is 4.37. The van der Waals surface area contributed by atoms with Crippen LogP contribution in [0.1, 0.15) is 32.1 Å². The van der Waals surface area contributed by atoms with Crippen LogP contribution in [0.2, 0.25) is 5.02 Å². The van der Waals surface area contributed by atoms with Crippen LogP contribution >= 0.6 is 11.6 Å². The first-order chi connectivity index (χ1) is 15.2. The molecule has 6 nitrogen and oxygen atoms in total. The van der Waals surface area contributed by atoms with Crippen LogP contribution in [0.4, 0.5) is 23.4 Å². The normalized spacial score (nSPS) is 16.2. The maximum absolute atomic E-state index is 14.7. The van der Waals surface area contributed by atoms with Gasteiger partial charge in [0.1, 0.15) is 17.7 Å². The van der Waals surface area contributed by atoms with Crippen molar-refractivity contribution in [1.82, 2.24) is 20.3 Å². The van der Waals surface area contributed by atoms with Crippen molar-refractivity contribution in [3.8, 4) is 11.3 Å². The predicted octanol–water partition coefficient (Wildman–Crippen LogP) is 5.21. The number of halogens is 5. The third kappa shape index (κ3) is 4.64. The fourth-order valence-electron chi connectivity index (χ4n) is 4.01. The van der Waals surface area contributed by atoms with E-state index < -0.39 is 30.0 Å². The summed E-state index contributed by atoms with van der Waals surface area (Å²) >= 11 is 6.04. The Labute approximate surface area is 185 Å². The second-order valence-electron chi connectivity index (χ2n) is 7.84. The van der Waals surface area contributed by atoms with Crippen LogP contribution in [0.3, 0.4) is 0 Å². The summed E-state index contributed by atoms with van der Waals surface area (Å²) in [5.41, 5.74) is 0.213. The zero-order valence-corrected chi connectivity index (χ0v) is 17.6. The molecule has 3 aromatic heterocycles. The molecule has 0 bridgehead atoms. The van der Waals surface area contributed by atoms with Crippen molar-refractivity contribution in [2.24, 2.45) is 0 Å². The highest BCUT2D eigenvalue weighted by Crippen LogP contribution is 2.34. The number of nitrogens with zero attached hydrogens (tertiary/aromatic N) is 2. The van der Waals surface area contributed by atoms with Crippen LogP contribution in [0.5, 0.6) is 0 Å². The van der Waals surface area contributed by atoms with Gasteiger partial charge in [0, 0.05) is 23.3 Å². The minimum absolute atomic E-state index is 0.198. The molecule has 0 aromatic carbocycles. The largest absolute Gasteiger partial charge is 0.405 e. The van der Waals surface area contributed by atoms with Gasteiger partial charge >= 0.3 is 6.18 Å². The molecule has 1 aliphatic rings. The molecular formula is C21H20ClF4N5O. The fourth-order valence-corrected chi connectivity index (χ4v) is 4.17. The summed E-state index contributed by atoms with van der Waals surface area (Å²) in [5, 5.41) is 5.88. The van der Waals surface area contributed by atoms with Gasteiger partial charge < -0.3 is 15.6 Å². The zero-order chi connectivity index (χ0) is 22.9. The number of H-pyrrole nitrogens is 1. The summed E-state index contributed by atoms with van der Waals surface area (Å²) in [4.78, 5) is 24.3. The number of hydrogen-bond donors (Lipinski definition) is 3. The third-order valence-corrected chi connectivity index (χ3v) is 5.78. The van der Waals surface area contributed by atoms with E-state index in [-0.39, 0.29) is 18.7 Å². The number of carbonyl (C=O) groups excluding carboxylic acids is 1. The fraction of sp³-hybridized carbons (Fsp3) is 0.381. The summed E-state index contributed by atoms with van der Waals surface area (Å²) in [6.07, 6.45) is 1.24. The van der Waals surface area contributed by atoms with Gasteiger partial charge in [0.05, 0.1) is 10.7 Å². The molecule has 32 heavy (non-hydrogen) atoms. The van der Waals surface area contributed by atoms with Crippen LogP contribution in [-0.2, 0) is 4.79 Å². The number of alkyl halides is 3. The molecule has 1 fully saturated rings. The maximum Gasteiger partial charge on any atom is 0.405 e. The highest BCUT2D eigenvalue weighted by molar-refractivity contribution is 6.31. The van der Waals surface area contributed by atoms with Crippen molar-refractivity contribution >= 4 is 34.4 Å². The van der Waals surface area contributed by atoms with E-state index in [1.807, 2.05) is 5.32 Å². The van der Waals surface area contributed by atoms with Gasteiger partial charge in [-0.25, -0.2) is 14.4 Å². The Morgan fingerprint density at radius 1 is 1.22 bits per heavy atom. The van der Waals surface area contributed by atoms with E-state index in [2.05, 4.69) is 20.3 Å². The summed E-state index contributed by atoms with van der Waals surface area (Å²) in [6.45, 7) is -1.45. The molecule has 1 amide bonds. The number of nitrogens with one attached hydrogen (secondary N) is 3. The minimum Gasteiger partial charge on any atom is -0.353 e. The lowest BCUT2D eigenvalue weighted by Crippen LogP contribution is -2.55. The first-order valence-electron chi connectivity index (χ1n) is 10.1. The van der Waals surface area contributed by atoms with Crippen molar-refractivity contribution < 1.29 is 22.4 Å². The van der Waals surface area contributed by atoms with Crippen molar-refractivity contribution in [2.75, 3.05) is 11.9 Å². The lowest BCUT2D eigenvalue weighted by Gasteiger charge is -2.37. The van der Waals surface area contributed by atoms with Crippen LogP contribution in [0.15, 0.2) is 30.6 Å². The van der Waals surface area contributed by atoms with E-state index in [1.54, 1.807) is 12.3 Å². The lowest BCUT2D eigenvalue weighted by molar-refractivity contribution is -0.141. The highest BCUT2D eigenvalue weighted by Gasteiger charge is 2.42. The van der Waals surface area contributed by atoms with Crippen molar-refractivity contribution in [1.29, 1.82) is 0 Å². The predicted molar refractivity (Wildman–Crippen MR) is 113 cm³/mol. The van der Waals surface area contributed by atoms with E-state index in [0.29, 0.717) is 40.2 Å². The van der Waals surface area contributed by atoms with Crippen LogP contribution in [0, 0.1) is 5.82 Å². The van der Waals surface area contributed by atoms with Gasteiger partial charge in [-0.15, -0.1) is 0 Å². The van der Waals surface area contributed by atoms with Crippen molar-refractivity contribution in [3.63, 3.8) is 0 Å². The number of aromatic amines is 1. The van der Waals surface area contributed by atoms with E-state index >= 15 is 0 Å². The van der Waals surface area contributed by atoms with E-state index in [4.69, 9.17) is 11.6 Å². The Balaban J connectivity index is 1.67. The number of rotatable bonds is 5. The topological polar surface area (TPSA) is 82.7 Å². The minimum atomic E-state index is -4.54. The van der Waals surface area contributed by atoms with Gasteiger partial charge in [0.2, 0.25) is 5.91 Å². The number of carbonyl (C=O) groups is 1. The molecule has 11 heteroatoms. The van der Waals surface area contributed by atoms with Crippen LogP contribution in [-0.4, -0.2) is 39.1 Å². The van der Waals surface area contributed by atoms with Gasteiger partial charge in [0.15, 0.2) is 11.6 Å². The Morgan fingerprint density at radius 3 is 2.69 bits per heavy atom. The standard InChI is InChI=1S/C21H20ClF4N5O/c22-12-8-13-14(10-28-17(13)27-9-12)16-5-4-15(23)18(30-16)31-20(6-2-1-3-7-20)19(32)29-11-21(24,25)26/h4-5,8-10H,1-3,6-7,11H2,(H,27,28)(H,29,32)(H,30,31). The van der Waals surface area contributed by atoms with Gasteiger partial charge in [0.25, 0.3) is 0 Å². The molecule has 1 aliphatic carbocycles. The van der Waals surface area contributed by atoms with E-state index in [9.17, 15) is 22.4 Å². The number of hydrogen-bond acceptors (Lipinski definition) is 4. The highest BCUT2D eigenvalue weighted by atomic mass is 35.5. The molecule has 0 saturated heterocycles. The number of fused-ring (bicyclic) bond motifs is 1. The second kappa shape index (κ2) is 8.57. The molecule has 0 aliphatic heterocycles. The SMILES string of the molecule is O=C(NCC(F)(F)F)C1(Nc2nc(-c3c[nH]c4ncc(Cl)cc34)ccc2F)CCCCC1. The average molecular weight is 470 g/mol. The molecule has 0 radical (unpaired) electrons. The number of amides is 1. The first-order valence-corrected chi connectivity index (χ1v) is 10.5. The molecule has 4 rings (SSSR count). The summed E-state index contributed by atoms with van der Waals surface area (Å²) < 4.78 is 52.6. The summed E-state index contributed by atoms with van der Waals surface area (Å²) in [7, 11) is 0. The Kier molecular flexibility index (Phi) is 5.98. The van der Waals surface area contributed by atoms with E-state index in [1.165, 1.54) is 18.3 Å². The Hall–Kier alpha value is -2.88.